The molecule has 5 bridgehead atoms. The van der Waals surface area contributed by atoms with Crippen molar-refractivity contribution in [2.45, 2.75) is 48.9 Å². The second-order valence-electron chi connectivity index (χ2n) is 8.93. The molecule has 3 saturated heterocycles. The minimum Gasteiger partial charge on any atom is -0.544 e. The maximum absolute atomic E-state index is 12.9. The van der Waals surface area contributed by atoms with Gasteiger partial charge in [0.05, 0.1) is 13.1 Å². The number of hydrogen-bond acceptors (Lipinski definition) is 4. The van der Waals surface area contributed by atoms with Gasteiger partial charge in [-0.1, -0.05) is 31.2 Å². The zero-order valence-electron chi connectivity index (χ0n) is 15.2. The Balaban J connectivity index is 1.78. The fraction of sp³-hybridized carbons (Fsp3) is 0.571. The summed E-state index contributed by atoms with van der Waals surface area (Å²) < 4.78 is 6.84. The Kier molecular flexibility index (Phi) is 2.36. The minimum absolute atomic E-state index is 0.101. The SMILES string of the molecule is CC[C@]12C=CC[N+]34CC[C@@]5(c6ccccc6N[C@@]5(OC)[C@]3(C(=O)[O-])C1)[C@H]24. The molecule has 6 rings (SSSR count). The smallest absolute Gasteiger partial charge is 0.216 e. The van der Waals surface area contributed by atoms with Crippen molar-refractivity contribution in [1.29, 1.82) is 0 Å². The summed E-state index contributed by atoms with van der Waals surface area (Å²) in [7, 11) is 1.68. The van der Waals surface area contributed by atoms with E-state index < -0.39 is 17.2 Å². The molecule has 1 aromatic rings. The van der Waals surface area contributed by atoms with Gasteiger partial charge >= 0.3 is 0 Å². The van der Waals surface area contributed by atoms with Gasteiger partial charge in [0.1, 0.15) is 17.4 Å². The number of carbonyl (C=O) groups excluding carboxylic acids is 1. The largest absolute Gasteiger partial charge is 0.544 e. The van der Waals surface area contributed by atoms with Crippen LogP contribution in [0.15, 0.2) is 36.4 Å². The number of quaternary nitrogens is 1. The summed E-state index contributed by atoms with van der Waals surface area (Å²) in [6.07, 6.45) is 7.05. The number of methoxy groups -OCH3 is 1. The first-order valence-corrected chi connectivity index (χ1v) is 9.69. The number of piperidine rings is 1. The second-order valence-corrected chi connectivity index (χ2v) is 8.93. The normalized spacial score (nSPS) is 51.2. The maximum atomic E-state index is 12.9. The van der Waals surface area contributed by atoms with Crippen LogP contribution in [0.3, 0.4) is 0 Å². The summed E-state index contributed by atoms with van der Waals surface area (Å²) in [6.45, 7) is 3.85. The van der Waals surface area contributed by atoms with E-state index in [1.807, 2.05) is 6.07 Å². The van der Waals surface area contributed by atoms with Crippen molar-refractivity contribution in [2.75, 3.05) is 25.5 Å². The summed E-state index contributed by atoms with van der Waals surface area (Å²) in [5, 5.41) is 16.5. The Morgan fingerprint density at radius 1 is 1.42 bits per heavy atom. The molecule has 0 saturated carbocycles. The van der Waals surface area contributed by atoms with Crippen LogP contribution in [0.1, 0.15) is 31.7 Å². The number of nitrogens with zero attached hydrogens (tertiary/aromatic N) is 1. The molecule has 26 heavy (non-hydrogen) atoms. The van der Waals surface area contributed by atoms with Gasteiger partial charge in [-0.2, -0.15) is 0 Å². The van der Waals surface area contributed by atoms with Crippen LogP contribution in [0.4, 0.5) is 5.69 Å². The van der Waals surface area contributed by atoms with E-state index in [-0.39, 0.29) is 16.9 Å². The van der Waals surface area contributed by atoms with Crippen LogP contribution in [-0.4, -0.2) is 48.0 Å². The summed E-state index contributed by atoms with van der Waals surface area (Å²) in [4.78, 5) is 12.9. The van der Waals surface area contributed by atoms with Gasteiger partial charge < -0.3 is 24.4 Å². The molecule has 5 heterocycles. The highest BCUT2D eigenvalue weighted by Crippen LogP contribution is 2.80. The van der Waals surface area contributed by atoms with E-state index in [0.29, 0.717) is 10.9 Å². The van der Waals surface area contributed by atoms with E-state index in [4.69, 9.17) is 4.74 Å². The first kappa shape index (κ1) is 15.2. The Labute approximate surface area is 153 Å². The predicted molar refractivity (Wildman–Crippen MR) is 94.1 cm³/mol. The van der Waals surface area contributed by atoms with Gasteiger partial charge in [0.15, 0.2) is 5.54 Å². The van der Waals surface area contributed by atoms with Gasteiger partial charge in [0.2, 0.25) is 5.72 Å². The second kappa shape index (κ2) is 4.02. The van der Waals surface area contributed by atoms with Gasteiger partial charge in [0, 0.05) is 31.1 Å². The van der Waals surface area contributed by atoms with Crippen molar-refractivity contribution in [1.82, 2.24) is 0 Å². The average Bonchev–Trinajstić information content (AvgIpc) is 3.26. The van der Waals surface area contributed by atoms with Crippen LogP contribution in [-0.2, 0) is 14.9 Å². The quantitative estimate of drug-likeness (QED) is 0.655. The number of carboxylic acids is 1. The Hall–Kier alpha value is -1.85. The highest BCUT2D eigenvalue weighted by molar-refractivity contribution is 5.85. The maximum Gasteiger partial charge on any atom is 0.216 e. The molecule has 1 aromatic carbocycles. The van der Waals surface area contributed by atoms with Crippen LogP contribution in [0.5, 0.6) is 0 Å². The number of para-hydroxylation sites is 1. The molecule has 136 valence electrons. The third-order valence-electron chi connectivity index (χ3n) is 8.87. The van der Waals surface area contributed by atoms with Gasteiger partial charge in [0.25, 0.3) is 0 Å². The van der Waals surface area contributed by atoms with Crippen LogP contribution in [0.2, 0.25) is 0 Å². The van der Waals surface area contributed by atoms with Crippen molar-refractivity contribution in [3.63, 3.8) is 0 Å². The predicted octanol–water partition coefficient (Wildman–Crippen LogP) is 1.15. The lowest BCUT2D eigenvalue weighted by atomic mass is 9.51. The lowest BCUT2D eigenvalue weighted by molar-refractivity contribution is -0.960. The molecule has 1 N–H and O–H groups in total. The average molecular weight is 352 g/mol. The standard InChI is InChI=1S/C21H24N2O3/c1-3-18-9-6-11-23-12-10-19(16(18)23)14-7-4-5-8-15(14)22-21(19,26-2)20(23,13-18)17(24)25/h4-9,16,22H,3,10-13H2,1-2H3/t16-,18-,19+,20+,21-,23?/m0/s1. The fourth-order valence-corrected chi connectivity index (χ4v) is 8.44. The first-order valence-electron chi connectivity index (χ1n) is 9.69. The summed E-state index contributed by atoms with van der Waals surface area (Å²) in [6, 6.07) is 8.54. The van der Waals surface area contributed by atoms with Crippen LogP contribution in [0.25, 0.3) is 0 Å². The number of fused-ring (bicyclic) bond motifs is 2. The van der Waals surface area contributed by atoms with Crippen molar-refractivity contribution in [2.24, 2.45) is 5.41 Å². The van der Waals surface area contributed by atoms with Crippen molar-refractivity contribution in [3.8, 4) is 0 Å². The summed E-state index contributed by atoms with van der Waals surface area (Å²) >= 11 is 0. The monoisotopic (exact) mass is 352 g/mol. The molecule has 0 aromatic heterocycles. The third kappa shape index (κ3) is 1.03. The molecule has 1 unspecified atom stereocenters. The molecule has 0 amide bonds. The van der Waals surface area contributed by atoms with E-state index in [1.165, 1.54) is 5.56 Å². The van der Waals surface area contributed by atoms with E-state index in [2.05, 4.69) is 42.6 Å². The Bertz CT molecular complexity index is 899. The molecule has 6 atom stereocenters. The van der Waals surface area contributed by atoms with E-state index in [1.54, 1.807) is 7.11 Å². The molecular formula is C21H24N2O3. The van der Waals surface area contributed by atoms with Gasteiger partial charge in [-0.3, -0.25) is 0 Å². The van der Waals surface area contributed by atoms with E-state index in [9.17, 15) is 9.90 Å². The highest BCUT2D eigenvalue weighted by Gasteiger charge is 2.97. The fourth-order valence-electron chi connectivity index (χ4n) is 8.44. The molecule has 1 spiro atoms. The van der Waals surface area contributed by atoms with Crippen molar-refractivity contribution >= 4 is 11.7 Å². The molecule has 5 aliphatic rings. The van der Waals surface area contributed by atoms with E-state index >= 15 is 0 Å². The molecule has 3 fully saturated rings. The molecular weight excluding hydrogens is 328 g/mol. The first-order chi connectivity index (χ1) is 12.5. The molecule has 0 aliphatic carbocycles. The zero-order valence-corrected chi connectivity index (χ0v) is 15.2. The van der Waals surface area contributed by atoms with Crippen molar-refractivity contribution < 1.29 is 19.1 Å². The van der Waals surface area contributed by atoms with Crippen LogP contribution < -0.4 is 10.4 Å². The number of aliphatic carboxylic acids is 1. The Morgan fingerprint density at radius 3 is 2.96 bits per heavy atom. The summed E-state index contributed by atoms with van der Waals surface area (Å²) in [5.74, 6) is -0.953. The molecule has 5 aliphatic heterocycles. The number of rotatable bonds is 3. The Morgan fingerprint density at radius 2 is 2.23 bits per heavy atom. The zero-order chi connectivity index (χ0) is 18.0. The van der Waals surface area contributed by atoms with Crippen LogP contribution >= 0.6 is 0 Å². The number of anilines is 1. The third-order valence-corrected chi connectivity index (χ3v) is 8.87. The van der Waals surface area contributed by atoms with Gasteiger partial charge in [-0.25, -0.2) is 0 Å². The van der Waals surface area contributed by atoms with Gasteiger partial charge in [-0.15, -0.1) is 0 Å². The van der Waals surface area contributed by atoms with Crippen molar-refractivity contribution in [3.05, 3.63) is 42.0 Å². The minimum atomic E-state index is -1.07. The topological polar surface area (TPSA) is 61.4 Å². The molecule has 5 nitrogen and oxygen atoms in total. The number of carbonyl (C=O) groups is 1. The number of carboxylic acid groups (broad SMARTS) is 1. The highest BCUT2D eigenvalue weighted by atomic mass is 16.5. The van der Waals surface area contributed by atoms with Crippen LogP contribution in [0, 0.1) is 5.41 Å². The summed E-state index contributed by atoms with van der Waals surface area (Å²) in [5.41, 5.74) is -0.156. The van der Waals surface area contributed by atoms with Gasteiger partial charge in [-0.05, 0) is 24.1 Å². The number of benzene rings is 1. The van der Waals surface area contributed by atoms with E-state index in [0.717, 1.165) is 31.6 Å². The lowest BCUT2D eigenvalue weighted by Crippen LogP contribution is -2.79. The number of ether oxygens (including phenoxy) is 1. The molecule has 5 heteroatoms. The number of nitrogens with one attached hydrogen (secondary N) is 1. The lowest BCUT2D eigenvalue weighted by Gasteiger charge is -2.55. The molecule has 0 radical (unpaired) electrons. The number of hydrogen-bond donors (Lipinski definition) is 1.